The van der Waals surface area contributed by atoms with Crippen molar-refractivity contribution in [3.05, 3.63) is 0 Å². The topological polar surface area (TPSA) is 54.4 Å². The lowest BCUT2D eigenvalue weighted by atomic mass is 9.44. The van der Waals surface area contributed by atoms with E-state index in [2.05, 4.69) is 0 Å². The molecule has 3 saturated carbocycles. The van der Waals surface area contributed by atoms with Gasteiger partial charge >= 0.3 is 5.97 Å². The van der Waals surface area contributed by atoms with Crippen LogP contribution in [-0.2, 0) is 9.59 Å². The molecule has 0 saturated heterocycles. The van der Waals surface area contributed by atoms with E-state index in [4.69, 9.17) is 5.11 Å². The molecular formula is C10H14O3. The van der Waals surface area contributed by atoms with Gasteiger partial charge in [0.05, 0.1) is 5.41 Å². The van der Waals surface area contributed by atoms with Crippen molar-refractivity contribution < 1.29 is 14.7 Å². The zero-order chi connectivity index (χ0) is 9.69. The first-order valence-electron chi connectivity index (χ1n) is 4.75. The molecule has 0 spiro atoms. The lowest BCUT2D eigenvalue weighted by molar-refractivity contribution is -0.179. The smallest absolute Gasteiger partial charge is 0.309 e. The summed E-state index contributed by atoms with van der Waals surface area (Å²) in [6.45, 7) is 1.59. The van der Waals surface area contributed by atoms with Crippen LogP contribution in [0.5, 0.6) is 0 Å². The molecule has 13 heavy (non-hydrogen) atoms. The number of ketones is 1. The maximum Gasteiger partial charge on any atom is 0.309 e. The summed E-state index contributed by atoms with van der Waals surface area (Å²) in [6, 6.07) is 0. The minimum Gasteiger partial charge on any atom is -0.481 e. The molecule has 0 aromatic heterocycles. The van der Waals surface area contributed by atoms with Crippen molar-refractivity contribution in [3.8, 4) is 0 Å². The Bertz CT molecular complexity index is 248. The van der Waals surface area contributed by atoms with Gasteiger partial charge < -0.3 is 5.11 Å². The molecule has 3 heteroatoms. The number of hydrogen-bond donors (Lipinski definition) is 1. The number of Topliss-reactive ketones (excluding diaryl/α,β-unsaturated/α-hetero) is 1. The molecule has 3 fully saturated rings. The van der Waals surface area contributed by atoms with Gasteiger partial charge in [0.2, 0.25) is 0 Å². The number of aliphatic carboxylic acids is 1. The highest BCUT2D eigenvalue weighted by atomic mass is 16.4. The van der Waals surface area contributed by atoms with Crippen molar-refractivity contribution in [3.63, 3.8) is 0 Å². The molecule has 0 unspecified atom stereocenters. The Kier molecular flexibility index (Phi) is 1.57. The minimum absolute atomic E-state index is 0.184. The Morgan fingerprint density at radius 2 is 1.69 bits per heavy atom. The van der Waals surface area contributed by atoms with Crippen molar-refractivity contribution in [2.24, 2.45) is 10.8 Å². The summed E-state index contributed by atoms with van der Waals surface area (Å²) in [6.07, 6.45) is 3.73. The van der Waals surface area contributed by atoms with E-state index >= 15 is 0 Å². The lowest BCUT2D eigenvalue weighted by Gasteiger charge is -2.57. The Morgan fingerprint density at radius 1 is 1.15 bits per heavy atom. The fraction of sp³-hybridized carbons (Fsp3) is 0.800. The van der Waals surface area contributed by atoms with Gasteiger partial charge in [0.15, 0.2) is 0 Å². The van der Waals surface area contributed by atoms with Gasteiger partial charge in [0.1, 0.15) is 5.78 Å². The van der Waals surface area contributed by atoms with E-state index < -0.39 is 11.4 Å². The molecule has 3 nitrogen and oxygen atoms in total. The normalized spacial score (nSPS) is 42.2. The molecule has 72 valence electrons. The quantitative estimate of drug-likeness (QED) is 0.705. The zero-order valence-corrected chi connectivity index (χ0v) is 7.80. The van der Waals surface area contributed by atoms with Crippen molar-refractivity contribution in [2.45, 2.75) is 39.0 Å². The van der Waals surface area contributed by atoms with Crippen LogP contribution in [0.15, 0.2) is 0 Å². The van der Waals surface area contributed by atoms with Crippen molar-refractivity contribution in [1.82, 2.24) is 0 Å². The van der Waals surface area contributed by atoms with Gasteiger partial charge in [-0.15, -0.1) is 0 Å². The number of carboxylic acid groups (broad SMARTS) is 1. The fourth-order valence-corrected chi connectivity index (χ4v) is 3.05. The molecule has 1 N–H and O–H groups in total. The third-order valence-electron chi connectivity index (χ3n) is 3.86. The lowest BCUT2D eigenvalue weighted by Crippen LogP contribution is -2.57. The number of carbonyl (C=O) groups is 2. The van der Waals surface area contributed by atoms with Crippen LogP contribution in [0.25, 0.3) is 0 Å². The Morgan fingerprint density at radius 3 is 2.15 bits per heavy atom. The van der Waals surface area contributed by atoms with E-state index in [1.54, 1.807) is 6.92 Å². The van der Waals surface area contributed by atoms with Crippen LogP contribution < -0.4 is 0 Å². The van der Waals surface area contributed by atoms with Gasteiger partial charge in [0.25, 0.3) is 0 Å². The summed E-state index contributed by atoms with van der Waals surface area (Å²) in [4.78, 5) is 22.3. The molecule has 3 aliphatic rings. The average molecular weight is 182 g/mol. The van der Waals surface area contributed by atoms with Crippen molar-refractivity contribution in [2.75, 3.05) is 0 Å². The predicted octanol–water partition coefficient (Wildman–Crippen LogP) is 1.61. The van der Waals surface area contributed by atoms with Crippen molar-refractivity contribution in [1.29, 1.82) is 0 Å². The van der Waals surface area contributed by atoms with Gasteiger partial charge in [-0.2, -0.15) is 0 Å². The van der Waals surface area contributed by atoms with Crippen molar-refractivity contribution >= 4 is 11.8 Å². The maximum absolute atomic E-state index is 11.3. The highest BCUT2D eigenvalue weighted by Gasteiger charge is 2.63. The zero-order valence-electron chi connectivity index (χ0n) is 7.80. The third kappa shape index (κ3) is 0.960. The molecule has 2 bridgehead atoms. The molecule has 0 atom stereocenters. The van der Waals surface area contributed by atoms with Crippen LogP contribution in [0.4, 0.5) is 0 Å². The molecule has 0 radical (unpaired) electrons. The standard InChI is InChI=1S/C10H14O3/c1-7(11)9-3-2-4-10(5-9,6-9)8(12)13/h2-6H2,1H3,(H,12,13). The van der Waals surface area contributed by atoms with Crippen LogP contribution in [0.2, 0.25) is 0 Å². The van der Waals surface area contributed by atoms with E-state index in [0.717, 1.165) is 19.3 Å². The Hall–Kier alpha value is -0.860. The summed E-state index contributed by atoms with van der Waals surface area (Å²) in [7, 11) is 0. The highest BCUT2D eigenvalue weighted by molar-refractivity contribution is 5.88. The molecule has 3 rings (SSSR count). The second-order valence-corrected chi connectivity index (χ2v) is 4.63. The highest BCUT2D eigenvalue weighted by Crippen LogP contribution is 2.64. The van der Waals surface area contributed by atoms with Gasteiger partial charge in [-0.1, -0.05) is 6.42 Å². The predicted molar refractivity (Wildman–Crippen MR) is 46.3 cm³/mol. The third-order valence-corrected chi connectivity index (χ3v) is 3.86. The number of carbonyl (C=O) groups excluding carboxylic acids is 1. The van der Waals surface area contributed by atoms with Gasteiger partial charge in [-0.05, 0) is 32.6 Å². The van der Waals surface area contributed by atoms with Gasteiger partial charge in [-0.25, -0.2) is 0 Å². The molecular weight excluding hydrogens is 168 g/mol. The monoisotopic (exact) mass is 182 g/mol. The van der Waals surface area contributed by atoms with Crippen LogP contribution in [0.3, 0.4) is 0 Å². The fourth-order valence-electron chi connectivity index (χ4n) is 3.05. The molecule has 0 aromatic rings. The van der Waals surface area contributed by atoms with E-state index in [-0.39, 0.29) is 11.2 Å². The summed E-state index contributed by atoms with van der Waals surface area (Å²) in [5.41, 5.74) is -0.791. The number of carboxylic acids is 1. The van der Waals surface area contributed by atoms with Crippen LogP contribution in [-0.4, -0.2) is 16.9 Å². The van der Waals surface area contributed by atoms with Gasteiger partial charge in [0, 0.05) is 5.41 Å². The largest absolute Gasteiger partial charge is 0.481 e. The van der Waals surface area contributed by atoms with E-state index in [1.165, 1.54) is 0 Å². The molecule has 0 amide bonds. The van der Waals surface area contributed by atoms with Crippen LogP contribution >= 0.6 is 0 Å². The SMILES string of the molecule is CC(=O)C12CCCC(C(=O)O)(C1)C2. The summed E-state index contributed by atoms with van der Waals surface area (Å²) < 4.78 is 0. The number of hydrogen-bond acceptors (Lipinski definition) is 2. The van der Waals surface area contributed by atoms with E-state index in [9.17, 15) is 9.59 Å². The first kappa shape index (κ1) is 8.73. The Labute approximate surface area is 77.1 Å². The van der Waals surface area contributed by atoms with Crippen LogP contribution in [0, 0.1) is 10.8 Å². The first-order valence-corrected chi connectivity index (χ1v) is 4.75. The van der Waals surface area contributed by atoms with Crippen LogP contribution in [0.1, 0.15) is 39.0 Å². The van der Waals surface area contributed by atoms with E-state index in [0.29, 0.717) is 12.8 Å². The van der Waals surface area contributed by atoms with Gasteiger partial charge in [-0.3, -0.25) is 9.59 Å². The summed E-state index contributed by atoms with van der Waals surface area (Å²) in [5.74, 6) is -0.520. The second kappa shape index (κ2) is 2.34. The van der Waals surface area contributed by atoms with E-state index in [1.807, 2.05) is 0 Å². The summed E-state index contributed by atoms with van der Waals surface area (Å²) in [5, 5.41) is 9.02. The first-order chi connectivity index (χ1) is 6.01. The Balaban J connectivity index is 2.20. The number of rotatable bonds is 2. The average Bonchev–Trinajstić information content (AvgIpc) is 2.02. The maximum atomic E-state index is 11.3. The molecule has 0 heterocycles. The summed E-state index contributed by atoms with van der Waals surface area (Å²) >= 11 is 0. The molecule has 0 aromatic carbocycles. The minimum atomic E-state index is -0.705. The molecule has 3 aliphatic carbocycles. The second-order valence-electron chi connectivity index (χ2n) is 4.63. The molecule has 0 aliphatic heterocycles. The number of fused-ring (bicyclic) bond motifs is 2.